The third kappa shape index (κ3) is 2.87. The maximum absolute atomic E-state index is 12.7. The first-order chi connectivity index (χ1) is 10.1. The highest BCUT2D eigenvalue weighted by atomic mass is 32.1. The van der Waals surface area contributed by atoms with E-state index in [2.05, 4.69) is 0 Å². The van der Waals surface area contributed by atoms with Crippen LogP contribution in [-0.4, -0.2) is 40.8 Å². The van der Waals surface area contributed by atoms with Gasteiger partial charge in [-0.15, -0.1) is 0 Å². The van der Waals surface area contributed by atoms with Crippen LogP contribution in [0.1, 0.15) is 11.1 Å². The summed E-state index contributed by atoms with van der Waals surface area (Å²) in [5.74, 6) is -1.30. The summed E-state index contributed by atoms with van der Waals surface area (Å²) in [7, 11) is 2.79. The summed E-state index contributed by atoms with van der Waals surface area (Å²) in [6, 6.07) is 4.39. The molecular formula is C14H11F3N2O2S. The van der Waals surface area contributed by atoms with Crippen LogP contribution >= 0.6 is 12.2 Å². The maximum Gasteiger partial charge on any atom is 0.416 e. The van der Waals surface area contributed by atoms with Crippen molar-refractivity contribution in [2.45, 2.75) is 6.18 Å². The molecule has 0 saturated carbocycles. The zero-order chi connectivity index (χ0) is 16.7. The minimum absolute atomic E-state index is 0.0381. The molecular weight excluding hydrogens is 317 g/mol. The van der Waals surface area contributed by atoms with Gasteiger partial charge >= 0.3 is 6.18 Å². The van der Waals surface area contributed by atoms with E-state index in [0.717, 1.165) is 28.0 Å². The average molecular weight is 328 g/mol. The molecule has 1 fully saturated rings. The lowest BCUT2D eigenvalue weighted by atomic mass is 10.0. The monoisotopic (exact) mass is 328 g/mol. The normalized spacial score (nSPS) is 16.4. The molecule has 1 aliphatic heterocycles. The number of nitrogens with zero attached hydrogens (tertiary/aromatic N) is 2. The summed E-state index contributed by atoms with van der Waals surface area (Å²) in [6.45, 7) is 0. The lowest BCUT2D eigenvalue weighted by Crippen LogP contribution is -2.52. The predicted molar refractivity (Wildman–Crippen MR) is 77.6 cm³/mol. The third-order valence-electron chi connectivity index (χ3n) is 3.17. The number of likely N-dealkylation sites (N-methyl/N-ethyl adjacent to an activating group) is 2. The molecule has 1 aromatic carbocycles. The van der Waals surface area contributed by atoms with E-state index in [0.29, 0.717) is 0 Å². The summed E-state index contributed by atoms with van der Waals surface area (Å²) >= 11 is 4.93. The molecule has 0 atom stereocenters. The van der Waals surface area contributed by atoms with Gasteiger partial charge in [-0.3, -0.25) is 19.4 Å². The van der Waals surface area contributed by atoms with E-state index in [1.165, 1.54) is 26.2 Å². The van der Waals surface area contributed by atoms with Crippen molar-refractivity contribution in [3.8, 4) is 0 Å². The zero-order valence-corrected chi connectivity index (χ0v) is 12.5. The molecule has 2 amide bonds. The van der Waals surface area contributed by atoms with Gasteiger partial charge in [-0.05, 0) is 36.0 Å². The van der Waals surface area contributed by atoms with E-state index in [1.807, 2.05) is 0 Å². The lowest BCUT2D eigenvalue weighted by molar-refractivity contribution is -0.137. The van der Waals surface area contributed by atoms with Gasteiger partial charge < -0.3 is 0 Å². The summed E-state index contributed by atoms with van der Waals surface area (Å²) < 4.78 is 38.1. The second kappa shape index (κ2) is 5.53. The Balaban J connectivity index is 2.46. The molecule has 8 heteroatoms. The highest BCUT2D eigenvalue weighted by Crippen LogP contribution is 2.30. The molecule has 116 valence electrons. The number of alkyl halides is 3. The molecule has 1 heterocycles. The van der Waals surface area contributed by atoms with Crippen LogP contribution in [0, 0.1) is 0 Å². The SMILES string of the molecule is CN1C(=O)C(=Cc2cccc(C(F)(F)F)c2)C(=O)N(C)C1=S. The predicted octanol–water partition coefficient (Wildman–Crippen LogP) is 2.30. The minimum Gasteiger partial charge on any atom is -0.288 e. The van der Waals surface area contributed by atoms with E-state index in [-0.39, 0.29) is 16.2 Å². The first kappa shape index (κ1) is 16.2. The second-order valence-corrected chi connectivity index (χ2v) is 5.06. The van der Waals surface area contributed by atoms with Gasteiger partial charge in [0.1, 0.15) is 5.57 Å². The quantitative estimate of drug-likeness (QED) is 0.451. The summed E-state index contributed by atoms with van der Waals surface area (Å²) in [5.41, 5.74) is -0.978. The standard InChI is InChI=1S/C14H11F3N2O2S/c1-18-11(20)10(12(21)19(2)13(18)22)7-8-4-3-5-9(6-8)14(15,16)17/h3-7H,1-2H3. The second-order valence-electron chi connectivity index (χ2n) is 4.69. The Hall–Kier alpha value is -2.22. The number of amides is 2. The van der Waals surface area contributed by atoms with Crippen LogP contribution in [0.3, 0.4) is 0 Å². The highest BCUT2D eigenvalue weighted by molar-refractivity contribution is 7.80. The molecule has 2 rings (SSSR count). The van der Waals surface area contributed by atoms with Crippen molar-refractivity contribution in [1.82, 2.24) is 9.80 Å². The summed E-state index contributed by atoms with van der Waals surface area (Å²) in [5, 5.41) is 0.0381. The van der Waals surface area contributed by atoms with E-state index >= 15 is 0 Å². The largest absolute Gasteiger partial charge is 0.416 e. The zero-order valence-electron chi connectivity index (χ0n) is 11.6. The fraction of sp³-hybridized carbons (Fsp3) is 0.214. The first-order valence-corrected chi connectivity index (χ1v) is 6.53. The van der Waals surface area contributed by atoms with Gasteiger partial charge in [-0.2, -0.15) is 13.2 Å². The molecule has 1 saturated heterocycles. The van der Waals surface area contributed by atoms with E-state index in [1.54, 1.807) is 0 Å². The molecule has 0 radical (unpaired) electrons. The fourth-order valence-electron chi connectivity index (χ4n) is 1.95. The Bertz CT molecular complexity index is 672. The van der Waals surface area contributed by atoms with Crippen molar-refractivity contribution in [1.29, 1.82) is 0 Å². The number of thiocarbonyl (C=S) groups is 1. The van der Waals surface area contributed by atoms with Gasteiger partial charge in [-0.1, -0.05) is 12.1 Å². The average Bonchev–Trinajstić information content (AvgIpc) is 2.47. The maximum atomic E-state index is 12.7. The summed E-state index contributed by atoms with van der Waals surface area (Å²) in [4.78, 5) is 26.3. The number of hydrogen-bond donors (Lipinski definition) is 0. The van der Waals surface area contributed by atoms with Gasteiger partial charge in [0, 0.05) is 14.1 Å². The fourth-order valence-corrected chi connectivity index (χ4v) is 2.11. The molecule has 0 N–H and O–H groups in total. The van der Waals surface area contributed by atoms with Crippen LogP contribution in [0.15, 0.2) is 29.8 Å². The van der Waals surface area contributed by atoms with Crippen molar-refractivity contribution in [3.05, 3.63) is 41.0 Å². The first-order valence-electron chi connectivity index (χ1n) is 6.12. The number of carbonyl (C=O) groups is 2. The van der Waals surface area contributed by atoms with Crippen molar-refractivity contribution < 1.29 is 22.8 Å². The van der Waals surface area contributed by atoms with Crippen LogP contribution in [0.4, 0.5) is 13.2 Å². The number of benzene rings is 1. The van der Waals surface area contributed by atoms with Crippen LogP contribution in [0.5, 0.6) is 0 Å². The van der Waals surface area contributed by atoms with Gasteiger partial charge in [0.2, 0.25) is 0 Å². The number of carbonyl (C=O) groups excluding carboxylic acids is 2. The van der Waals surface area contributed by atoms with E-state index in [9.17, 15) is 22.8 Å². The molecule has 22 heavy (non-hydrogen) atoms. The minimum atomic E-state index is -4.50. The molecule has 1 aliphatic rings. The highest BCUT2D eigenvalue weighted by Gasteiger charge is 2.35. The number of halogens is 3. The van der Waals surface area contributed by atoms with Crippen molar-refractivity contribution in [2.24, 2.45) is 0 Å². The van der Waals surface area contributed by atoms with Gasteiger partial charge in [0.05, 0.1) is 5.56 Å². The van der Waals surface area contributed by atoms with Crippen LogP contribution in [0.2, 0.25) is 0 Å². The van der Waals surface area contributed by atoms with Crippen molar-refractivity contribution in [3.63, 3.8) is 0 Å². The van der Waals surface area contributed by atoms with Gasteiger partial charge in [0.25, 0.3) is 11.8 Å². The Morgan fingerprint density at radius 1 is 1.09 bits per heavy atom. The molecule has 0 spiro atoms. The third-order valence-corrected chi connectivity index (χ3v) is 3.72. The molecule has 4 nitrogen and oxygen atoms in total. The molecule has 0 aliphatic carbocycles. The van der Waals surface area contributed by atoms with Gasteiger partial charge in [0.15, 0.2) is 5.11 Å². The van der Waals surface area contributed by atoms with E-state index in [4.69, 9.17) is 12.2 Å². The molecule has 0 unspecified atom stereocenters. The van der Waals surface area contributed by atoms with E-state index < -0.39 is 23.6 Å². The van der Waals surface area contributed by atoms with Crippen LogP contribution in [-0.2, 0) is 15.8 Å². The summed E-state index contributed by atoms with van der Waals surface area (Å²) in [6.07, 6.45) is -3.36. The van der Waals surface area contributed by atoms with Crippen LogP contribution < -0.4 is 0 Å². The Morgan fingerprint density at radius 3 is 2.14 bits per heavy atom. The molecule has 0 aromatic heterocycles. The number of rotatable bonds is 1. The Kier molecular flexibility index (Phi) is 4.06. The molecule has 0 bridgehead atoms. The van der Waals surface area contributed by atoms with Crippen LogP contribution in [0.25, 0.3) is 6.08 Å². The molecule has 1 aromatic rings. The van der Waals surface area contributed by atoms with Crippen molar-refractivity contribution in [2.75, 3.05) is 14.1 Å². The Labute approximate surface area is 129 Å². The van der Waals surface area contributed by atoms with Gasteiger partial charge in [-0.25, -0.2) is 0 Å². The van der Waals surface area contributed by atoms with Crippen molar-refractivity contribution >= 4 is 35.2 Å². The smallest absolute Gasteiger partial charge is 0.288 e. The topological polar surface area (TPSA) is 40.6 Å². The Morgan fingerprint density at radius 2 is 1.64 bits per heavy atom. The number of hydrogen-bond acceptors (Lipinski definition) is 3. The lowest BCUT2D eigenvalue weighted by Gasteiger charge is -2.31.